The Labute approximate surface area is 131 Å². The predicted molar refractivity (Wildman–Crippen MR) is 87.1 cm³/mol. The molecular formula is C17H25FN2O2. The number of hydrogen-bond donors (Lipinski definition) is 2. The third kappa shape index (κ3) is 6.26. The predicted octanol–water partition coefficient (Wildman–Crippen LogP) is 3.01. The van der Waals surface area contributed by atoms with Gasteiger partial charge in [0.2, 0.25) is 0 Å². The van der Waals surface area contributed by atoms with Gasteiger partial charge in [-0.2, -0.15) is 0 Å². The van der Waals surface area contributed by atoms with Crippen LogP contribution in [0.25, 0.3) is 0 Å². The average Bonchev–Trinajstić information content (AvgIpc) is 2.48. The van der Waals surface area contributed by atoms with E-state index in [9.17, 15) is 14.3 Å². The van der Waals surface area contributed by atoms with Crippen LogP contribution in [0.2, 0.25) is 0 Å². The molecule has 4 nitrogen and oxygen atoms in total. The van der Waals surface area contributed by atoms with Crippen molar-refractivity contribution in [2.45, 2.75) is 32.4 Å². The molecule has 0 bridgehead atoms. The van der Waals surface area contributed by atoms with Crippen LogP contribution >= 0.6 is 0 Å². The smallest absolute Gasteiger partial charge is 0.255 e. The lowest BCUT2D eigenvalue weighted by atomic mass is 10.1. The van der Waals surface area contributed by atoms with Gasteiger partial charge in [-0.3, -0.25) is 9.69 Å². The average molecular weight is 308 g/mol. The highest BCUT2D eigenvalue weighted by atomic mass is 19.1. The zero-order valence-electron chi connectivity index (χ0n) is 13.1. The minimum absolute atomic E-state index is 0.243. The van der Waals surface area contributed by atoms with Crippen LogP contribution in [0, 0.1) is 0 Å². The van der Waals surface area contributed by atoms with Gasteiger partial charge in [0.05, 0.1) is 0 Å². The van der Waals surface area contributed by atoms with Gasteiger partial charge in [0.15, 0.2) is 6.17 Å². The summed E-state index contributed by atoms with van der Waals surface area (Å²) >= 11 is 0. The van der Waals surface area contributed by atoms with Crippen LogP contribution in [-0.2, 0) is 4.79 Å². The standard InChI is InChI=1S/C17H25FN2O2/c1-4-15(8-9-16(21)14(3)18)17(22)19-13(2)12-20-10-6-5-7-11-20/h4,8-9,14,21H,1-2,5-7,10-12H2,3H3,(H,19,22)/b15-8+,16-9+. The fourth-order valence-electron chi connectivity index (χ4n) is 2.20. The van der Waals surface area contributed by atoms with Crippen molar-refractivity contribution in [2.75, 3.05) is 19.6 Å². The number of amides is 1. The lowest BCUT2D eigenvalue weighted by Gasteiger charge is -2.27. The summed E-state index contributed by atoms with van der Waals surface area (Å²) in [7, 11) is 0. The summed E-state index contributed by atoms with van der Waals surface area (Å²) in [6.07, 6.45) is 5.97. The maximum absolute atomic E-state index is 12.8. The van der Waals surface area contributed by atoms with Crippen LogP contribution < -0.4 is 5.32 Å². The summed E-state index contributed by atoms with van der Waals surface area (Å²) in [5, 5.41) is 12.0. The molecule has 0 aliphatic carbocycles. The van der Waals surface area contributed by atoms with Crippen molar-refractivity contribution in [3.8, 4) is 0 Å². The van der Waals surface area contributed by atoms with Gasteiger partial charge < -0.3 is 10.4 Å². The Hall–Kier alpha value is -1.88. The molecule has 0 spiro atoms. The summed E-state index contributed by atoms with van der Waals surface area (Å²) in [5.41, 5.74) is 0.860. The van der Waals surface area contributed by atoms with Crippen molar-refractivity contribution in [1.29, 1.82) is 0 Å². The van der Waals surface area contributed by atoms with Crippen LogP contribution in [0.4, 0.5) is 4.39 Å². The number of nitrogens with zero attached hydrogens (tertiary/aromatic N) is 1. The van der Waals surface area contributed by atoms with Gasteiger partial charge in [0.1, 0.15) is 5.76 Å². The number of carbonyl (C=O) groups is 1. The molecule has 1 saturated heterocycles. The molecule has 1 amide bonds. The maximum Gasteiger partial charge on any atom is 0.255 e. The number of hydrogen-bond acceptors (Lipinski definition) is 3. The number of alkyl halides is 1. The van der Waals surface area contributed by atoms with Crippen LogP contribution in [-0.4, -0.2) is 41.7 Å². The Morgan fingerprint density at radius 2 is 2.00 bits per heavy atom. The Kier molecular flexibility index (Phi) is 7.60. The molecule has 5 heteroatoms. The summed E-state index contributed by atoms with van der Waals surface area (Å²) < 4.78 is 12.8. The monoisotopic (exact) mass is 308 g/mol. The maximum atomic E-state index is 12.8. The van der Waals surface area contributed by atoms with Crippen molar-refractivity contribution in [1.82, 2.24) is 10.2 Å². The number of likely N-dealkylation sites (tertiary alicyclic amines) is 1. The van der Waals surface area contributed by atoms with Gasteiger partial charge in [-0.05, 0) is 45.0 Å². The van der Waals surface area contributed by atoms with Gasteiger partial charge in [0, 0.05) is 17.8 Å². The number of carbonyl (C=O) groups excluding carboxylic acids is 1. The molecule has 22 heavy (non-hydrogen) atoms. The van der Waals surface area contributed by atoms with Crippen molar-refractivity contribution in [2.24, 2.45) is 0 Å². The summed E-state index contributed by atoms with van der Waals surface area (Å²) in [6, 6.07) is 0. The zero-order chi connectivity index (χ0) is 16.5. The highest BCUT2D eigenvalue weighted by Gasteiger charge is 2.13. The Morgan fingerprint density at radius 1 is 1.36 bits per heavy atom. The van der Waals surface area contributed by atoms with Crippen molar-refractivity contribution in [3.63, 3.8) is 0 Å². The third-order valence-corrected chi connectivity index (χ3v) is 3.48. The van der Waals surface area contributed by atoms with E-state index in [4.69, 9.17) is 0 Å². The van der Waals surface area contributed by atoms with E-state index in [1.807, 2.05) is 0 Å². The lowest BCUT2D eigenvalue weighted by molar-refractivity contribution is -0.116. The Morgan fingerprint density at radius 3 is 2.55 bits per heavy atom. The first kappa shape index (κ1) is 18.2. The molecule has 0 aromatic rings. The second-order valence-electron chi connectivity index (χ2n) is 5.43. The van der Waals surface area contributed by atoms with Crippen molar-refractivity contribution in [3.05, 3.63) is 48.4 Å². The van der Waals surface area contributed by atoms with Crippen LogP contribution in [0.1, 0.15) is 26.2 Å². The molecular weight excluding hydrogens is 283 g/mol. The quantitative estimate of drug-likeness (QED) is 0.432. The molecule has 1 aliphatic heterocycles. The van der Waals surface area contributed by atoms with E-state index in [1.165, 1.54) is 38.3 Å². The lowest BCUT2D eigenvalue weighted by Crippen LogP contribution is -2.36. The number of aliphatic hydroxyl groups excluding tert-OH is 1. The van der Waals surface area contributed by atoms with Crippen LogP contribution in [0.15, 0.2) is 48.4 Å². The zero-order valence-corrected chi connectivity index (χ0v) is 13.1. The second-order valence-corrected chi connectivity index (χ2v) is 5.43. The fourth-order valence-corrected chi connectivity index (χ4v) is 2.20. The van der Waals surface area contributed by atoms with Gasteiger partial charge in [-0.15, -0.1) is 0 Å². The molecule has 0 radical (unpaired) electrons. The largest absolute Gasteiger partial charge is 0.509 e. The Bertz CT molecular complexity index is 475. The first-order valence-corrected chi connectivity index (χ1v) is 7.53. The SMILES string of the molecule is C=C/C(=C\C=C(\O)C(C)F)C(=O)NC(=C)CN1CCCCC1. The first-order chi connectivity index (χ1) is 10.4. The topological polar surface area (TPSA) is 52.6 Å². The van der Waals surface area contributed by atoms with E-state index in [-0.39, 0.29) is 11.5 Å². The second kappa shape index (κ2) is 9.20. The number of rotatable bonds is 7. The summed E-state index contributed by atoms with van der Waals surface area (Å²) in [4.78, 5) is 14.3. The summed E-state index contributed by atoms with van der Waals surface area (Å²) in [5.74, 6) is -0.799. The van der Waals surface area contributed by atoms with Gasteiger partial charge >= 0.3 is 0 Å². The molecule has 0 aromatic carbocycles. The highest BCUT2D eigenvalue weighted by Crippen LogP contribution is 2.10. The minimum atomic E-state index is -1.47. The van der Waals surface area contributed by atoms with Gasteiger partial charge in [-0.25, -0.2) is 4.39 Å². The number of halogens is 1. The fraction of sp³-hybridized carbons (Fsp3) is 0.471. The molecule has 0 saturated carbocycles. The van der Waals surface area contributed by atoms with Gasteiger partial charge in [-0.1, -0.05) is 25.7 Å². The number of piperidine rings is 1. The van der Waals surface area contributed by atoms with Crippen molar-refractivity contribution >= 4 is 5.91 Å². The van der Waals surface area contributed by atoms with Crippen molar-refractivity contribution < 1.29 is 14.3 Å². The number of nitrogens with one attached hydrogen (secondary N) is 1. The molecule has 1 rings (SSSR count). The highest BCUT2D eigenvalue weighted by molar-refractivity contribution is 5.97. The minimum Gasteiger partial charge on any atom is -0.509 e. The van der Waals surface area contributed by atoms with Crippen LogP contribution in [0.3, 0.4) is 0 Å². The van der Waals surface area contributed by atoms with E-state index in [2.05, 4.69) is 23.4 Å². The first-order valence-electron chi connectivity index (χ1n) is 7.53. The molecule has 2 N–H and O–H groups in total. The molecule has 122 valence electrons. The molecule has 1 unspecified atom stereocenters. The van der Waals surface area contributed by atoms with E-state index in [0.29, 0.717) is 12.2 Å². The molecule has 1 atom stereocenters. The van der Waals surface area contributed by atoms with E-state index >= 15 is 0 Å². The molecule has 1 heterocycles. The van der Waals surface area contributed by atoms with E-state index < -0.39 is 11.9 Å². The Balaban J connectivity index is 2.57. The number of aliphatic hydroxyl groups is 1. The molecule has 1 aliphatic rings. The molecule has 1 fully saturated rings. The van der Waals surface area contributed by atoms with E-state index in [0.717, 1.165) is 19.2 Å². The normalized spacial score (nSPS) is 18.6. The third-order valence-electron chi connectivity index (χ3n) is 3.48. The number of allylic oxidation sites excluding steroid dienone is 3. The van der Waals surface area contributed by atoms with Gasteiger partial charge in [0.25, 0.3) is 5.91 Å². The van der Waals surface area contributed by atoms with E-state index in [1.54, 1.807) is 0 Å². The molecule has 0 aromatic heterocycles. The summed E-state index contributed by atoms with van der Waals surface area (Å²) in [6.45, 7) is 11.3. The van der Waals surface area contributed by atoms with Crippen LogP contribution in [0.5, 0.6) is 0 Å².